The first-order valence-corrected chi connectivity index (χ1v) is 5.97. The van der Waals surface area contributed by atoms with Crippen LogP contribution in [0, 0.1) is 5.92 Å². The van der Waals surface area contributed by atoms with Crippen LogP contribution in [-0.2, 0) is 0 Å². The molecule has 1 aromatic carbocycles. The Balaban J connectivity index is 1.97. The van der Waals surface area contributed by atoms with E-state index in [0.29, 0.717) is 16.7 Å². The number of aliphatic imine (C=N–C) groups is 1. The molecule has 1 aromatic rings. The van der Waals surface area contributed by atoms with Crippen molar-refractivity contribution in [3.05, 3.63) is 23.2 Å². The average molecular weight is 254 g/mol. The molecule has 0 heterocycles. The summed E-state index contributed by atoms with van der Waals surface area (Å²) >= 11 is 6.00. The highest BCUT2D eigenvalue weighted by molar-refractivity contribution is 6.32. The molecule has 0 unspecified atom stereocenters. The summed E-state index contributed by atoms with van der Waals surface area (Å²) in [5.41, 5.74) is 6.58. The van der Waals surface area contributed by atoms with E-state index in [2.05, 4.69) is 10.3 Å². The van der Waals surface area contributed by atoms with Crippen molar-refractivity contribution in [1.82, 2.24) is 0 Å². The predicted octanol–water partition coefficient (Wildman–Crippen LogP) is 2.49. The Bertz CT molecular complexity index is 430. The molecular weight excluding hydrogens is 238 g/mol. The van der Waals surface area contributed by atoms with Crippen LogP contribution in [0.2, 0.25) is 5.02 Å². The number of hydrogen-bond acceptors (Lipinski definition) is 2. The van der Waals surface area contributed by atoms with E-state index in [1.807, 2.05) is 6.07 Å². The molecule has 0 aromatic heterocycles. The van der Waals surface area contributed by atoms with Crippen molar-refractivity contribution in [2.75, 3.05) is 19.0 Å². The number of halogens is 1. The van der Waals surface area contributed by atoms with Gasteiger partial charge in [-0.2, -0.15) is 0 Å². The zero-order valence-electron chi connectivity index (χ0n) is 9.74. The van der Waals surface area contributed by atoms with Crippen molar-refractivity contribution < 1.29 is 4.74 Å². The maximum Gasteiger partial charge on any atom is 0.193 e. The number of nitrogens with one attached hydrogen (secondary N) is 1. The standard InChI is InChI=1S/C12H16ClN3O/c1-17-11-5-4-9(6-10(11)13)16-12(14)15-7-8-2-3-8/h4-6,8H,2-3,7H2,1H3,(H3,14,15,16). The van der Waals surface area contributed by atoms with Gasteiger partial charge >= 0.3 is 0 Å². The molecule has 5 heteroatoms. The van der Waals surface area contributed by atoms with E-state index in [0.717, 1.165) is 18.2 Å². The van der Waals surface area contributed by atoms with Crippen molar-refractivity contribution in [3.63, 3.8) is 0 Å². The molecule has 0 aliphatic heterocycles. The normalized spacial score (nSPS) is 15.8. The second-order valence-corrected chi connectivity index (χ2v) is 4.55. The Hall–Kier alpha value is -1.42. The lowest BCUT2D eigenvalue weighted by Gasteiger charge is -2.08. The van der Waals surface area contributed by atoms with Gasteiger partial charge in [0.1, 0.15) is 5.75 Å². The number of nitrogens with zero attached hydrogens (tertiary/aromatic N) is 1. The Morgan fingerprint density at radius 3 is 2.94 bits per heavy atom. The fraction of sp³-hybridized carbons (Fsp3) is 0.417. The van der Waals surface area contributed by atoms with E-state index >= 15 is 0 Å². The monoisotopic (exact) mass is 253 g/mol. The van der Waals surface area contributed by atoms with Crippen LogP contribution < -0.4 is 15.8 Å². The van der Waals surface area contributed by atoms with Crippen molar-refractivity contribution in [2.45, 2.75) is 12.8 Å². The lowest BCUT2D eigenvalue weighted by atomic mass is 10.3. The topological polar surface area (TPSA) is 59.6 Å². The molecule has 0 radical (unpaired) electrons. The molecule has 0 amide bonds. The van der Waals surface area contributed by atoms with Crippen LogP contribution in [-0.4, -0.2) is 19.6 Å². The highest BCUT2D eigenvalue weighted by Gasteiger charge is 2.20. The van der Waals surface area contributed by atoms with Crippen molar-refractivity contribution >= 4 is 23.2 Å². The lowest BCUT2D eigenvalue weighted by Crippen LogP contribution is -2.23. The van der Waals surface area contributed by atoms with Gasteiger partial charge in [0.25, 0.3) is 0 Å². The third-order valence-electron chi connectivity index (χ3n) is 2.64. The number of anilines is 1. The molecule has 1 aliphatic carbocycles. The molecular formula is C12H16ClN3O. The summed E-state index contributed by atoms with van der Waals surface area (Å²) in [5, 5.41) is 3.55. The quantitative estimate of drug-likeness (QED) is 0.640. The first-order chi connectivity index (χ1) is 8.19. The minimum absolute atomic E-state index is 0.429. The Kier molecular flexibility index (Phi) is 3.74. The molecule has 0 saturated heterocycles. The maximum atomic E-state index is 6.00. The van der Waals surface area contributed by atoms with Crippen LogP contribution in [0.15, 0.2) is 23.2 Å². The minimum Gasteiger partial charge on any atom is -0.495 e. The van der Waals surface area contributed by atoms with Gasteiger partial charge in [-0.25, -0.2) is 0 Å². The van der Waals surface area contributed by atoms with Gasteiger partial charge in [-0.05, 0) is 37.0 Å². The molecule has 1 saturated carbocycles. The van der Waals surface area contributed by atoms with Crippen LogP contribution in [0.1, 0.15) is 12.8 Å². The number of ether oxygens (including phenoxy) is 1. The summed E-state index contributed by atoms with van der Waals surface area (Å²) in [5.74, 6) is 1.80. The molecule has 17 heavy (non-hydrogen) atoms. The average Bonchev–Trinajstić information content (AvgIpc) is 3.10. The van der Waals surface area contributed by atoms with Gasteiger partial charge < -0.3 is 15.8 Å². The fourth-order valence-electron chi connectivity index (χ4n) is 1.46. The number of methoxy groups -OCH3 is 1. The largest absolute Gasteiger partial charge is 0.495 e. The maximum absolute atomic E-state index is 6.00. The van der Waals surface area contributed by atoms with Crippen LogP contribution in [0.4, 0.5) is 5.69 Å². The van der Waals surface area contributed by atoms with Crippen LogP contribution in [0.25, 0.3) is 0 Å². The van der Waals surface area contributed by atoms with E-state index in [4.69, 9.17) is 22.1 Å². The zero-order chi connectivity index (χ0) is 12.3. The molecule has 2 rings (SSSR count). The van der Waals surface area contributed by atoms with Gasteiger partial charge in [-0.1, -0.05) is 11.6 Å². The zero-order valence-corrected chi connectivity index (χ0v) is 10.5. The highest BCUT2D eigenvalue weighted by Crippen LogP contribution is 2.29. The predicted molar refractivity (Wildman–Crippen MR) is 70.8 cm³/mol. The van der Waals surface area contributed by atoms with Crippen LogP contribution >= 0.6 is 11.6 Å². The first-order valence-electron chi connectivity index (χ1n) is 5.59. The number of nitrogens with two attached hydrogens (primary N) is 1. The van der Waals surface area contributed by atoms with Crippen molar-refractivity contribution in [2.24, 2.45) is 16.6 Å². The third-order valence-corrected chi connectivity index (χ3v) is 2.94. The molecule has 1 aliphatic rings. The van der Waals surface area contributed by atoms with Crippen LogP contribution in [0.5, 0.6) is 5.75 Å². The first kappa shape index (κ1) is 12.0. The number of benzene rings is 1. The van der Waals surface area contributed by atoms with Gasteiger partial charge in [-0.3, -0.25) is 4.99 Å². The molecule has 3 N–H and O–H groups in total. The van der Waals surface area contributed by atoms with E-state index < -0.39 is 0 Å². The Morgan fingerprint density at radius 2 is 2.35 bits per heavy atom. The number of rotatable bonds is 4. The Morgan fingerprint density at radius 1 is 1.59 bits per heavy atom. The molecule has 0 atom stereocenters. The second-order valence-electron chi connectivity index (χ2n) is 4.14. The molecule has 0 spiro atoms. The summed E-state index contributed by atoms with van der Waals surface area (Å²) in [6, 6.07) is 5.41. The molecule has 92 valence electrons. The van der Waals surface area contributed by atoms with E-state index in [1.165, 1.54) is 12.8 Å². The van der Waals surface area contributed by atoms with Gasteiger partial charge in [-0.15, -0.1) is 0 Å². The van der Waals surface area contributed by atoms with Gasteiger partial charge in [0.05, 0.1) is 12.1 Å². The summed E-state index contributed by atoms with van der Waals surface area (Å²) in [6.45, 7) is 0.808. The molecule has 1 fully saturated rings. The van der Waals surface area contributed by atoms with Crippen molar-refractivity contribution in [1.29, 1.82) is 0 Å². The summed E-state index contributed by atoms with van der Waals surface area (Å²) in [6.07, 6.45) is 2.54. The minimum atomic E-state index is 0.429. The lowest BCUT2D eigenvalue weighted by molar-refractivity contribution is 0.415. The van der Waals surface area contributed by atoms with Crippen LogP contribution in [0.3, 0.4) is 0 Å². The van der Waals surface area contributed by atoms with Gasteiger partial charge in [0.2, 0.25) is 0 Å². The van der Waals surface area contributed by atoms with Crippen molar-refractivity contribution in [3.8, 4) is 5.75 Å². The summed E-state index contributed by atoms with van der Waals surface area (Å²) < 4.78 is 5.07. The van der Waals surface area contributed by atoms with E-state index in [1.54, 1.807) is 19.2 Å². The summed E-state index contributed by atoms with van der Waals surface area (Å²) in [4.78, 5) is 4.26. The molecule has 4 nitrogen and oxygen atoms in total. The molecule has 0 bridgehead atoms. The second kappa shape index (κ2) is 5.27. The number of hydrogen-bond donors (Lipinski definition) is 2. The fourth-order valence-corrected chi connectivity index (χ4v) is 1.72. The van der Waals surface area contributed by atoms with Gasteiger partial charge in [0, 0.05) is 12.2 Å². The number of guanidine groups is 1. The smallest absolute Gasteiger partial charge is 0.193 e. The Labute approximate surface area is 106 Å². The van der Waals surface area contributed by atoms with E-state index in [-0.39, 0.29) is 0 Å². The summed E-state index contributed by atoms with van der Waals surface area (Å²) in [7, 11) is 1.58. The third kappa shape index (κ3) is 3.53. The van der Waals surface area contributed by atoms with Gasteiger partial charge in [0.15, 0.2) is 5.96 Å². The SMILES string of the molecule is COc1ccc(NC(N)=NCC2CC2)cc1Cl. The highest BCUT2D eigenvalue weighted by atomic mass is 35.5. The van der Waals surface area contributed by atoms with E-state index in [9.17, 15) is 0 Å².